The second-order valence-electron chi connectivity index (χ2n) is 8.88. The number of amides is 1. The zero-order valence-corrected chi connectivity index (χ0v) is 22.7. The number of nitrogens with zero attached hydrogens (tertiary/aromatic N) is 3. The molecule has 2 N–H and O–H groups in total. The van der Waals surface area contributed by atoms with Gasteiger partial charge in [-0.3, -0.25) is 14.9 Å². The number of rotatable bonds is 12. The fourth-order valence-electron chi connectivity index (χ4n) is 3.42. The Balaban J connectivity index is 2.17. The van der Waals surface area contributed by atoms with Crippen molar-refractivity contribution in [2.75, 3.05) is 20.2 Å². The van der Waals surface area contributed by atoms with Crippen molar-refractivity contribution in [2.45, 2.75) is 39.0 Å². The van der Waals surface area contributed by atoms with Crippen LogP contribution in [0.4, 0.5) is 5.69 Å². The van der Waals surface area contributed by atoms with Crippen molar-refractivity contribution >= 4 is 21.6 Å². The summed E-state index contributed by atoms with van der Waals surface area (Å²) in [6.45, 7) is 7.89. The second-order valence-corrected chi connectivity index (χ2v) is 10.6. The van der Waals surface area contributed by atoms with Gasteiger partial charge in [-0.05, 0) is 49.6 Å². The number of nitrogens with one attached hydrogen (secondary N) is 2. The summed E-state index contributed by atoms with van der Waals surface area (Å²) in [6.07, 6.45) is 0.516. The van der Waals surface area contributed by atoms with Crippen LogP contribution in [-0.4, -0.2) is 49.2 Å². The first-order valence-electron chi connectivity index (χ1n) is 12.0. The molecule has 0 saturated heterocycles. The number of nitro groups is 1. The lowest BCUT2D eigenvalue weighted by Gasteiger charge is -2.14. The Hall–Kier alpha value is -3.97. The summed E-state index contributed by atoms with van der Waals surface area (Å²) in [5.74, 6) is 0.300. The highest BCUT2D eigenvalue weighted by Crippen LogP contribution is 2.36. The molecule has 3 rings (SSSR count). The summed E-state index contributed by atoms with van der Waals surface area (Å²) in [7, 11) is -2.63. The first-order valence-corrected chi connectivity index (χ1v) is 13.4. The van der Waals surface area contributed by atoms with Crippen LogP contribution in [0.5, 0.6) is 17.4 Å². The molecule has 0 aliphatic heterocycles. The van der Waals surface area contributed by atoms with Gasteiger partial charge in [0.15, 0.2) is 5.69 Å². The molecule has 0 atom stereocenters. The minimum Gasteiger partial charge on any atom is -0.497 e. The molecule has 0 aliphatic carbocycles. The monoisotopic (exact) mass is 545 g/mol. The minimum atomic E-state index is -4.16. The normalized spacial score (nSPS) is 11.4. The zero-order chi connectivity index (χ0) is 28.0. The van der Waals surface area contributed by atoms with Crippen LogP contribution in [0.25, 0.3) is 5.69 Å². The van der Waals surface area contributed by atoms with E-state index in [1.807, 2.05) is 13.8 Å². The van der Waals surface area contributed by atoms with Crippen molar-refractivity contribution in [3.63, 3.8) is 0 Å². The van der Waals surface area contributed by atoms with Gasteiger partial charge in [-0.25, -0.2) is 13.1 Å². The third kappa shape index (κ3) is 6.47. The first kappa shape index (κ1) is 28.6. The number of ether oxygens (including phenoxy) is 2. The molecule has 0 unspecified atom stereocenters. The Kier molecular flexibility index (Phi) is 9.07. The Bertz CT molecular complexity index is 1420. The molecule has 12 nitrogen and oxygen atoms in total. The van der Waals surface area contributed by atoms with Gasteiger partial charge in [-0.15, -0.1) is 0 Å². The fraction of sp³-hybridized carbons (Fsp3) is 0.360. The van der Waals surface area contributed by atoms with Gasteiger partial charge >= 0.3 is 0 Å². The molecule has 3 aromatic rings. The van der Waals surface area contributed by atoms with Crippen molar-refractivity contribution in [3.8, 4) is 23.1 Å². The van der Waals surface area contributed by atoms with E-state index in [0.717, 1.165) is 12.1 Å². The zero-order valence-electron chi connectivity index (χ0n) is 21.8. The van der Waals surface area contributed by atoms with E-state index in [-0.39, 0.29) is 29.8 Å². The third-order valence-corrected chi connectivity index (χ3v) is 6.93. The van der Waals surface area contributed by atoms with Crippen LogP contribution in [0.3, 0.4) is 0 Å². The topological polar surface area (TPSA) is 155 Å². The van der Waals surface area contributed by atoms with Crippen LogP contribution in [0.15, 0.2) is 47.4 Å². The number of nitro benzene ring substituents is 1. The SMILES string of the molecule is CCCNS(=O)(=O)c1cc([N+](=O)[O-])ccc1Oc1c(C)c(C(=O)NCC(C)C)nn1-c1ccc(OC)cc1. The number of hydrogen-bond acceptors (Lipinski definition) is 8. The van der Waals surface area contributed by atoms with Crippen molar-refractivity contribution in [2.24, 2.45) is 5.92 Å². The van der Waals surface area contributed by atoms with E-state index in [1.54, 1.807) is 38.1 Å². The highest BCUT2D eigenvalue weighted by Gasteiger charge is 2.27. The molecule has 0 radical (unpaired) electrons. The lowest BCUT2D eigenvalue weighted by atomic mass is 10.2. The molecule has 1 amide bonds. The third-order valence-electron chi connectivity index (χ3n) is 5.45. The average Bonchev–Trinajstić information content (AvgIpc) is 3.21. The maximum absolute atomic E-state index is 13.0. The summed E-state index contributed by atoms with van der Waals surface area (Å²) in [5.41, 5.74) is 0.544. The van der Waals surface area contributed by atoms with E-state index in [0.29, 0.717) is 30.0 Å². The summed E-state index contributed by atoms with van der Waals surface area (Å²) in [4.78, 5) is 23.2. The Labute approximate surface area is 221 Å². The van der Waals surface area contributed by atoms with Gasteiger partial charge in [0.1, 0.15) is 16.4 Å². The van der Waals surface area contributed by atoms with Crippen LogP contribution in [0.2, 0.25) is 0 Å². The van der Waals surface area contributed by atoms with Crippen molar-refractivity contribution in [1.82, 2.24) is 19.8 Å². The van der Waals surface area contributed by atoms with Gasteiger partial charge in [0.2, 0.25) is 15.9 Å². The number of methoxy groups -OCH3 is 1. The number of hydrogen-bond donors (Lipinski definition) is 2. The van der Waals surface area contributed by atoms with Gasteiger partial charge in [0.05, 0.1) is 17.7 Å². The Morgan fingerprint density at radius 1 is 1.18 bits per heavy atom. The van der Waals surface area contributed by atoms with E-state index in [1.165, 1.54) is 17.9 Å². The largest absolute Gasteiger partial charge is 0.497 e. The summed E-state index contributed by atoms with van der Waals surface area (Å²) < 4.78 is 41.2. The van der Waals surface area contributed by atoms with E-state index >= 15 is 0 Å². The molecule has 38 heavy (non-hydrogen) atoms. The van der Waals surface area contributed by atoms with Gasteiger partial charge in [0, 0.05) is 30.8 Å². The van der Waals surface area contributed by atoms with Crippen LogP contribution in [-0.2, 0) is 10.0 Å². The summed E-state index contributed by atoms with van der Waals surface area (Å²) >= 11 is 0. The van der Waals surface area contributed by atoms with E-state index in [2.05, 4.69) is 15.1 Å². The van der Waals surface area contributed by atoms with Crippen molar-refractivity contribution < 1.29 is 27.6 Å². The minimum absolute atomic E-state index is 0.0747. The lowest BCUT2D eigenvalue weighted by Crippen LogP contribution is -2.28. The highest BCUT2D eigenvalue weighted by atomic mass is 32.2. The van der Waals surface area contributed by atoms with Gasteiger partial charge < -0.3 is 14.8 Å². The molecule has 13 heteroatoms. The number of non-ortho nitro benzene ring substituents is 1. The smallest absolute Gasteiger partial charge is 0.272 e. The molecule has 0 spiro atoms. The van der Waals surface area contributed by atoms with Crippen LogP contribution >= 0.6 is 0 Å². The standard InChI is InChI=1S/C25H31N5O7S/c1-6-13-27-38(34,35)22-14-19(30(32)33)9-12-21(22)37-25-17(4)23(24(31)26-15-16(2)3)28-29(25)18-7-10-20(36-5)11-8-18/h7-12,14,16,27H,6,13,15H2,1-5H3,(H,26,31). The molecule has 0 fully saturated rings. The molecule has 0 bridgehead atoms. The maximum atomic E-state index is 13.0. The van der Waals surface area contributed by atoms with E-state index in [4.69, 9.17) is 9.47 Å². The summed E-state index contributed by atoms with van der Waals surface area (Å²) in [5, 5.41) is 18.7. The van der Waals surface area contributed by atoms with Gasteiger partial charge in [0.25, 0.3) is 11.6 Å². The number of aromatic nitrogens is 2. The van der Waals surface area contributed by atoms with Crippen LogP contribution < -0.4 is 19.5 Å². The molecule has 2 aromatic carbocycles. The fourth-order valence-corrected chi connectivity index (χ4v) is 4.70. The van der Waals surface area contributed by atoms with E-state index < -0.39 is 31.4 Å². The van der Waals surface area contributed by atoms with E-state index in [9.17, 15) is 23.3 Å². The average molecular weight is 546 g/mol. The number of benzene rings is 2. The van der Waals surface area contributed by atoms with Gasteiger partial charge in [-0.1, -0.05) is 20.8 Å². The molecular weight excluding hydrogens is 514 g/mol. The molecule has 1 heterocycles. The predicted octanol–water partition coefficient (Wildman–Crippen LogP) is 3.96. The molecular formula is C25H31N5O7S. The maximum Gasteiger partial charge on any atom is 0.272 e. The molecule has 0 aliphatic rings. The Morgan fingerprint density at radius 2 is 1.87 bits per heavy atom. The van der Waals surface area contributed by atoms with Crippen LogP contribution in [0, 0.1) is 23.0 Å². The van der Waals surface area contributed by atoms with Crippen molar-refractivity contribution in [3.05, 3.63) is 63.8 Å². The first-order chi connectivity index (χ1) is 18.0. The Morgan fingerprint density at radius 3 is 2.45 bits per heavy atom. The quantitative estimate of drug-likeness (QED) is 0.256. The number of carbonyl (C=O) groups excluding carboxylic acids is 1. The molecule has 0 saturated carbocycles. The van der Waals surface area contributed by atoms with Crippen molar-refractivity contribution in [1.29, 1.82) is 0 Å². The number of carbonyl (C=O) groups is 1. The second kappa shape index (κ2) is 12.0. The van der Waals surface area contributed by atoms with Gasteiger partial charge in [-0.2, -0.15) is 9.78 Å². The summed E-state index contributed by atoms with van der Waals surface area (Å²) in [6, 6.07) is 10.1. The molecule has 1 aromatic heterocycles. The number of sulfonamides is 1. The predicted molar refractivity (Wildman–Crippen MR) is 141 cm³/mol. The lowest BCUT2D eigenvalue weighted by molar-refractivity contribution is -0.385. The molecule has 204 valence electrons. The highest BCUT2D eigenvalue weighted by molar-refractivity contribution is 7.89. The van der Waals surface area contributed by atoms with Crippen LogP contribution in [0.1, 0.15) is 43.2 Å².